The van der Waals surface area contributed by atoms with E-state index in [-0.39, 0.29) is 0 Å². The lowest BCUT2D eigenvalue weighted by Crippen LogP contribution is -2.26. The molecule has 1 aliphatic rings. The maximum Gasteiger partial charge on any atom is 0.0524 e. The standard InChI is InChI=1S/C12H21N3/c1-2-6-15-9-11(8-14-15)10-4-3-5-12(13)7-10/h8-10,12H,2-7,13H2,1H3. The summed E-state index contributed by atoms with van der Waals surface area (Å²) in [6, 6.07) is 0.401. The van der Waals surface area contributed by atoms with Crippen LogP contribution >= 0.6 is 0 Å². The zero-order valence-electron chi connectivity index (χ0n) is 9.52. The Morgan fingerprint density at radius 1 is 1.53 bits per heavy atom. The molecule has 84 valence electrons. The molecule has 0 saturated heterocycles. The number of rotatable bonds is 3. The van der Waals surface area contributed by atoms with Crippen molar-refractivity contribution in [3.63, 3.8) is 0 Å². The van der Waals surface area contributed by atoms with Crippen LogP contribution in [-0.2, 0) is 6.54 Å². The SMILES string of the molecule is CCCn1cc(C2CCCC(N)C2)cn1. The van der Waals surface area contributed by atoms with Crippen LogP contribution in [0, 0.1) is 0 Å². The fraction of sp³-hybridized carbons (Fsp3) is 0.750. The lowest BCUT2D eigenvalue weighted by atomic mass is 9.83. The normalized spacial score (nSPS) is 26.8. The van der Waals surface area contributed by atoms with Gasteiger partial charge in [0, 0.05) is 18.8 Å². The maximum atomic E-state index is 6.00. The highest BCUT2D eigenvalue weighted by atomic mass is 15.3. The third-order valence-electron chi connectivity index (χ3n) is 3.29. The van der Waals surface area contributed by atoms with Crippen LogP contribution in [0.2, 0.25) is 0 Å². The van der Waals surface area contributed by atoms with Crippen LogP contribution in [0.15, 0.2) is 12.4 Å². The van der Waals surface area contributed by atoms with Gasteiger partial charge in [0.15, 0.2) is 0 Å². The van der Waals surface area contributed by atoms with Crippen LogP contribution in [0.4, 0.5) is 0 Å². The van der Waals surface area contributed by atoms with Gasteiger partial charge in [-0.2, -0.15) is 5.10 Å². The van der Waals surface area contributed by atoms with Crippen LogP contribution in [0.3, 0.4) is 0 Å². The van der Waals surface area contributed by atoms with Gasteiger partial charge in [0.25, 0.3) is 0 Å². The van der Waals surface area contributed by atoms with Gasteiger partial charge in [0.1, 0.15) is 0 Å². The minimum absolute atomic E-state index is 0.401. The third kappa shape index (κ3) is 2.59. The number of hydrogen-bond acceptors (Lipinski definition) is 2. The summed E-state index contributed by atoms with van der Waals surface area (Å²) in [5, 5.41) is 4.38. The maximum absolute atomic E-state index is 6.00. The quantitative estimate of drug-likeness (QED) is 0.826. The lowest BCUT2D eigenvalue weighted by Gasteiger charge is -2.25. The number of aryl methyl sites for hydroxylation is 1. The number of hydrogen-bond donors (Lipinski definition) is 1. The van der Waals surface area contributed by atoms with E-state index in [1.807, 2.05) is 6.20 Å². The van der Waals surface area contributed by atoms with Gasteiger partial charge in [0.2, 0.25) is 0 Å². The summed E-state index contributed by atoms with van der Waals surface area (Å²) in [6.07, 6.45) is 10.3. The molecule has 15 heavy (non-hydrogen) atoms. The summed E-state index contributed by atoms with van der Waals surface area (Å²) < 4.78 is 2.05. The topological polar surface area (TPSA) is 43.8 Å². The predicted octanol–water partition coefficient (Wildman–Crippen LogP) is 2.28. The summed E-state index contributed by atoms with van der Waals surface area (Å²) in [5.41, 5.74) is 7.39. The van der Waals surface area contributed by atoms with Crippen LogP contribution in [-0.4, -0.2) is 15.8 Å². The molecule has 3 nitrogen and oxygen atoms in total. The van der Waals surface area contributed by atoms with Gasteiger partial charge in [-0.1, -0.05) is 13.3 Å². The Morgan fingerprint density at radius 2 is 2.40 bits per heavy atom. The average molecular weight is 207 g/mol. The minimum atomic E-state index is 0.401. The Hall–Kier alpha value is -0.830. The van der Waals surface area contributed by atoms with Gasteiger partial charge in [0.05, 0.1) is 6.20 Å². The first-order valence-electron chi connectivity index (χ1n) is 6.07. The predicted molar refractivity (Wildman–Crippen MR) is 61.7 cm³/mol. The van der Waals surface area contributed by atoms with E-state index in [0.29, 0.717) is 12.0 Å². The molecule has 1 aromatic rings. The second-order valence-corrected chi connectivity index (χ2v) is 4.66. The summed E-state index contributed by atoms with van der Waals surface area (Å²) in [5.74, 6) is 0.652. The van der Waals surface area contributed by atoms with Crippen molar-refractivity contribution in [3.05, 3.63) is 18.0 Å². The van der Waals surface area contributed by atoms with Gasteiger partial charge in [-0.05, 0) is 37.2 Å². The van der Waals surface area contributed by atoms with E-state index in [4.69, 9.17) is 5.73 Å². The number of nitrogens with zero attached hydrogens (tertiary/aromatic N) is 2. The molecule has 1 aliphatic carbocycles. The van der Waals surface area contributed by atoms with Gasteiger partial charge < -0.3 is 5.73 Å². The van der Waals surface area contributed by atoms with E-state index >= 15 is 0 Å². The van der Waals surface area contributed by atoms with Crippen LogP contribution < -0.4 is 5.73 Å². The second kappa shape index (κ2) is 4.79. The smallest absolute Gasteiger partial charge is 0.0524 e. The van der Waals surface area contributed by atoms with E-state index in [0.717, 1.165) is 19.4 Å². The van der Waals surface area contributed by atoms with Crippen molar-refractivity contribution in [1.29, 1.82) is 0 Å². The minimum Gasteiger partial charge on any atom is -0.328 e. The summed E-state index contributed by atoms with van der Waals surface area (Å²) in [7, 11) is 0. The number of aromatic nitrogens is 2. The lowest BCUT2D eigenvalue weighted by molar-refractivity contribution is 0.393. The average Bonchev–Trinajstić information content (AvgIpc) is 2.67. The van der Waals surface area contributed by atoms with Crippen LogP contribution in [0.1, 0.15) is 50.5 Å². The molecule has 1 saturated carbocycles. The fourth-order valence-corrected chi connectivity index (χ4v) is 2.47. The summed E-state index contributed by atoms with van der Waals surface area (Å²) in [6.45, 7) is 3.21. The van der Waals surface area contributed by atoms with Crippen molar-refractivity contribution in [3.8, 4) is 0 Å². The van der Waals surface area contributed by atoms with Crippen LogP contribution in [0.25, 0.3) is 0 Å². The molecule has 1 heterocycles. The van der Waals surface area contributed by atoms with Crippen molar-refractivity contribution < 1.29 is 0 Å². The molecule has 0 radical (unpaired) electrons. The molecule has 3 heteroatoms. The molecule has 2 rings (SSSR count). The first kappa shape index (κ1) is 10.7. The molecule has 2 N–H and O–H groups in total. The molecular formula is C12H21N3. The monoisotopic (exact) mass is 207 g/mol. The zero-order chi connectivity index (χ0) is 10.7. The van der Waals surface area contributed by atoms with Gasteiger partial charge in [-0.3, -0.25) is 4.68 Å². The van der Waals surface area contributed by atoms with E-state index in [1.54, 1.807) is 0 Å². The van der Waals surface area contributed by atoms with Crippen molar-refractivity contribution in [2.75, 3.05) is 0 Å². The molecule has 1 aromatic heterocycles. The Kier molecular flexibility index (Phi) is 3.41. The van der Waals surface area contributed by atoms with E-state index in [1.165, 1.54) is 24.8 Å². The highest BCUT2D eigenvalue weighted by Crippen LogP contribution is 2.31. The number of nitrogens with two attached hydrogens (primary N) is 1. The molecular weight excluding hydrogens is 186 g/mol. The highest BCUT2D eigenvalue weighted by Gasteiger charge is 2.21. The molecule has 1 fully saturated rings. The van der Waals surface area contributed by atoms with Crippen molar-refractivity contribution >= 4 is 0 Å². The summed E-state index contributed by atoms with van der Waals surface area (Å²) in [4.78, 5) is 0. The molecule has 0 aromatic carbocycles. The zero-order valence-corrected chi connectivity index (χ0v) is 9.52. The fourth-order valence-electron chi connectivity index (χ4n) is 2.47. The molecule has 0 aliphatic heterocycles. The van der Waals surface area contributed by atoms with E-state index in [9.17, 15) is 0 Å². The Bertz CT molecular complexity index is 306. The Balaban J connectivity index is 2.01. The molecule has 0 spiro atoms. The second-order valence-electron chi connectivity index (χ2n) is 4.66. The van der Waals surface area contributed by atoms with Crippen molar-refractivity contribution in [2.45, 2.75) is 57.5 Å². The van der Waals surface area contributed by atoms with Crippen LogP contribution in [0.5, 0.6) is 0 Å². The molecule has 2 atom stereocenters. The Morgan fingerprint density at radius 3 is 3.13 bits per heavy atom. The van der Waals surface area contributed by atoms with Gasteiger partial charge in [-0.25, -0.2) is 0 Å². The largest absolute Gasteiger partial charge is 0.328 e. The first-order valence-corrected chi connectivity index (χ1v) is 6.07. The van der Waals surface area contributed by atoms with Gasteiger partial charge >= 0.3 is 0 Å². The van der Waals surface area contributed by atoms with E-state index < -0.39 is 0 Å². The Labute approximate surface area is 91.7 Å². The first-order chi connectivity index (χ1) is 7.29. The third-order valence-corrected chi connectivity index (χ3v) is 3.29. The van der Waals surface area contributed by atoms with Crippen molar-refractivity contribution in [2.24, 2.45) is 5.73 Å². The summed E-state index contributed by atoms with van der Waals surface area (Å²) >= 11 is 0. The highest BCUT2D eigenvalue weighted by molar-refractivity contribution is 5.12. The molecule has 0 bridgehead atoms. The van der Waals surface area contributed by atoms with E-state index in [2.05, 4.69) is 22.9 Å². The molecule has 0 amide bonds. The molecule has 2 unspecified atom stereocenters. The van der Waals surface area contributed by atoms with Gasteiger partial charge in [-0.15, -0.1) is 0 Å². The van der Waals surface area contributed by atoms with Crippen molar-refractivity contribution in [1.82, 2.24) is 9.78 Å².